The van der Waals surface area contributed by atoms with Crippen LogP contribution in [0.2, 0.25) is 0 Å². The van der Waals surface area contributed by atoms with E-state index in [-0.39, 0.29) is 0 Å². The molecule has 0 radical (unpaired) electrons. The first-order valence-electron chi connectivity index (χ1n) is 9.60. The lowest BCUT2D eigenvalue weighted by Crippen LogP contribution is -1.98. The monoisotopic (exact) mass is 340 g/mol. The van der Waals surface area contributed by atoms with Crippen molar-refractivity contribution in [2.24, 2.45) is 0 Å². The number of para-hydroxylation sites is 2. The van der Waals surface area contributed by atoms with Crippen LogP contribution in [0.25, 0.3) is 43.6 Å². The highest BCUT2D eigenvalue weighted by Crippen LogP contribution is 2.43. The maximum Gasteiger partial charge on any atom is 0.0595 e. The summed E-state index contributed by atoms with van der Waals surface area (Å²) in [5.41, 5.74) is 8.30. The van der Waals surface area contributed by atoms with Crippen LogP contribution in [-0.4, -0.2) is 9.13 Å². The molecule has 0 fully saturated rings. The minimum absolute atomic E-state index is 0.979. The van der Waals surface area contributed by atoms with Crippen LogP contribution < -0.4 is 0 Å². The van der Waals surface area contributed by atoms with Crippen LogP contribution in [-0.2, 0) is 13.1 Å². The second kappa shape index (κ2) is 5.38. The fourth-order valence-electron chi connectivity index (χ4n) is 4.90. The standard InChI is InChI=1S/C24H24N2/c1-5-25-20-14-10-8-12-18(20)22-23(25)16(4)15(3)21-17-11-7-9-13-19(17)26(6-2)24(21)22/h7-14H,5-6H2,1-4H3. The zero-order chi connectivity index (χ0) is 18.0. The average Bonchev–Trinajstić information content (AvgIpc) is 3.18. The summed E-state index contributed by atoms with van der Waals surface area (Å²) in [5.74, 6) is 0. The van der Waals surface area contributed by atoms with Crippen molar-refractivity contribution < 1.29 is 0 Å². The van der Waals surface area contributed by atoms with Crippen LogP contribution >= 0.6 is 0 Å². The van der Waals surface area contributed by atoms with E-state index in [9.17, 15) is 0 Å². The molecule has 2 heteroatoms. The first-order valence-corrected chi connectivity index (χ1v) is 9.60. The largest absolute Gasteiger partial charge is 0.340 e. The number of aryl methyl sites for hydroxylation is 4. The van der Waals surface area contributed by atoms with E-state index < -0.39 is 0 Å². The third-order valence-corrected chi connectivity index (χ3v) is 6.10. The third kappa shape index (κ3) is 1.72. The molecule has 2 heterocycles. The Balaban J connectivity index is 2.24. The Bertz CT molecular complexity index is 1310. The molecule has 0 aliphatic heterocycles. The molecule has 0 unspecified atom stereocenters. The molecule has 0 aliphatic rings. The summed E-state index contributed by atoms with van der Waals surface area (Å²) in [7, 11) is 0. The Labute approximate surface area is 153 Å². The van der Waals surface area contributed by atoms with Crippen molar-refractivity contribution in [3.05, 3.63) is 59.7 Å². The summed E-state index contributed by atoms with van der Waals surface area (Å²) < 4.78 is 5.00. The Morgan fingerprint density at radius 1 is 0.615 bits per heavy atom. The normalized spacial score (nSPS) is 12.2. The molecule has 3 aromatic carbocycles. The van der Waals surface area contributed by atoms with Gasteiger partial charge in [-0.3, -0.25) is 0 Å². The summed E-state index contributed by atoms with van der Waals surface area (Å²) in [6, 6.07) is 17.7. The number of hydrogen-bond acceptors (Lipinski definition) is 0. The third-order valence-electron chi connectivity index (χ3n) is 6.10. The van der Waals surface area contributed by atoms with Gasteiger partial charge in [-0.1, -0.05) is 36.4 Å². The van der Waals surface area contributed by atoms with Gasteiger partial charge in [0.1, 0.15) is 0 Å². The molecule has 0 aliphatic carbocycles. The molecule has 0 bridgehead atoms. The van der Waals surface area contributed by atoms with Gasteiger partial charge in [-0.15, -0.1) is 0 Å². The molecule has 0 N–H and O–H groups in total. The molecule has 2 aromatic heterocycles. The number of aromatic nitrogens is 2. The van der Waals surface area contributed by atoms with Gasteiger partial charge in [0.15, 0.2) is 0 Å². The highest BCUT2D eigenvalue weighted by Gasteiger charge is 2.22. The van der Waals surface area contributed by atoms with Crippen LogP contribution in [0.4, 0.5) is 0 Å². The van der Waals surface area contributed by atoms with Crippen molar-refractivity contribution in [3.63, 3.8) is 0 Å². The number of fused-ring (bicyclic) bond motifs is 7. The number of benzene rings is 3. The second-order valence-electron chi connectivity index (χ2n) is 7.22. The predicted octanol–water partition coefficient (Wildman–Crippen LogP) is 6.56. The average molecular weight is 340 g/mol. The fraction of sp³-hybridized carbons (Fsp3) is 0.250. The van der Waals surface area contributed by atoms with Crippen LogP contribution in [0.15, 0.2) is 48.5 Å². The quantitative estimate of drug-likeness (QED) is 0.344. The van der Waals surface area contributed by atoms with Crippen molar-refractivity contribution in [2.45, 2.75) is 40.8 Å². The lowest BCUT2D eigenvalue weighted by molar-refractivity contribution is 0.821. The van der Waals surface area contributed by atoms with E-state index in [0.717, 1.165) is 13.1 Å². The molecular formula is C24H24N2. The zero-order valence-corrected chi connectivity index (χ0v) is 15.9. The zero-order valence-electron chi connectivity index (χ0n) is 15.9. The molecule has 2 nitrogen and oxygen atoms in total. The van der Waals surface area contributed by atoms with E-state index in [2.05, 4.69) is 85.4 Å². The highest BCUT2D eigenvalue weighted by molar-refractivity contribution is 6.27. The van der Waals surface area contributed by atoms with Crippen molar-refractivity contribution in [1.82, 2.24) is 9.13 Å². The van der Waals surface area contributed by atoms with Crippen LogP contribution in [0.3, 0.4) is 0 Å². The molecular weight excluding hydrogens is 316 g/mol. The molecule has 5 aromatic rings. The summed E-state index contributed by atoms with van der Waals surface area (Å²) >= 11 is 0. The second-order valence-corrected chi connectivity index (χ2v) is 7.22. The van der Waals surface area contributed by atoms with Crippen LogP contribution in [0.1, 0.15) is 25.0 Å². The molecule has 0 saturated heterocycles. The topological polar surface area (TPSA) is 9.86 Å². The molecule has 130 valence electrons. The van der Waals surface area contributed by atoms with Gasteiger partial charge in [0.2, 0.25) is 0 Å². The first-order chi connectivity index (χ1) is 12.7. The van der Waals surface area contributed by atoms with Crippen molar-refractivity contribution in [1.29, 1.82) is 0 Å². The molecule has 26 heavy (non-hydrogen) atoms. The van der Waals surface area contributed by atoms with Gasteiger partial charge < -0.3 is 9.13 Å². The lowest BCUT2D eigenvalue weighted by atomic mass is 9.98. The van der Waals surface area contributed by atoms with E-state index >= 15 is 0 Å². The van der Waals surface area contributed by atoms with Gasteiger partial charge in [-0.2, -0.15) is 0 Å². The number of hydrogen-bond donors (Lipinski definition) is 0. The Kier molecular flexibility index (Phi) is 3.21. The van der Waals surface area contributed by atoms with E-state index in [4.69, 9.17) is 0 Å². The SMILES string of the molecule is CCn1c2ccccc2c2c1c(C)c(C)c1c3ccccc3n(CC)c12. The van der Waals surface area contributed by atoms with E-state index in [1.165, 1.54) is 54.7 Å². The highest BCUT2D eigenvalue weighted by atomic mass is 15.0. The Morgan fingerprint density at radius 2 is 1.12 bits per heavy atom. The maximum atomic E-state index is 2.51. The smallest absolute Gasteiger partial charge is 0.0595 e. The molecule has 5 rings (SSSR count). The summed E-state index contributed by atoms with van der Waals surface area (Å²) in [4.78, 5) is 0. The molecule has 0 saturated carbocycles. The first kappa shape index (κ1) is 15.5. The van der Waals surface area contributed by atoms with Gasteiger partial charge in [-0.25, -0.2) is 0 Å². The van der Waals surface area contributed by atoms with Gasteiger partial charge >= 0.3 is 0 Å². The summed E-state index contributed by atoms with van der Waals surface area (Å²) in [6.07, 6.45) is 0. The van der Waals surface area contributed by atoms with Crippen molar-refractivity contribution in [2.75, 3.05) is 0 Å². The van der Waals surface area contributed by atoms with Crippen molar-refractivity contribution in [3.8, 4) is 0 Å². The minimum Gasteiger partial charge on any atom is -0.340 e. The van der Waals surface area contributed by atoms with Gasteiger partial charge in [0.25, 0.3) is 0 Å². The van der Waals surface area contributed by atoms with Gasteiger partial charge in [-0.05, 0) is 51.0 Å². The van der Waals surface area contributed by atoms with Crippen LogP contribution in [0.5, 0.6) is 0 Å². The number of rotatable bonds is 2. The fourth-order valence-corrected chi connectivity index (χ4v) is 4.90. The number of nitrogens with zero attached hydrogens (tertiary/aromatic N) is 2. The van der Waals surface area contributed by atoms with Gasteiger partial charge in [0, 0.05) is 45.7 Å². The van der Waals surface area contributed by atoms with E-state index in [0.29, 0.717) is 0 Å². The lowest BCUT2D eigenvalue weighted by Gasteiger charge is -2.12. The molecule has 0 amide bonds. The molecule has 0 spiro atoms. The molecule has 0 atom stereocenters. The van der Waals surface area contributed by atoms with E-state index in [1.54, 1.807) is 0 Å². The van der Waals surface area contributed by atoms with Crippen LogP contribution in [0, 0.1) is 13.8 Å². The predicted molar refractivity (Wildman–Crippen MR) is 113 cm³/mol. The summed E-state index contributed by atoms with van der Waals surface area (Å²) in [6.45, 7) is 11.1. The summed E-state index contributed by atoms with van der Waals surface area (Å²) in [5, 5.41) is 5.58. The Hall–Kier alpha value is -2.74. The van der Waals surface area contributed by atoms with Gasteiger partial charge in [0.05, 0.1) is 11.0 Å². The van der Waals surface area contributed by atoms with E-state index in [1.807, 2.05) is 0 Å². The Morgan fingerprint density at radius 3 is 1.69 bits per heavy atom. The van der Waals surface area contributed by atoms with Crippen molar-refractivity contribution >= 4 is 43.6 Å². The minimum atomic E-state index is 0.979. The maximum absolute atomic E-state index is 2.51.